The number of halogens is 1. The van der Waals surface area contributed by atoms with Crippen LogP contribution < -0.4 is 5.32 Å². The van der Waals surface area contributed by atoms with Crippen LogP contribution in [0.25, 0.3) is 0 Å². The molecule has 2 amide bonds. The van der Waals surface area contributed by atoms with Gasteiger partial charge in [0.1, 0.15) is 0 Å². The number of benzene rings is 1. The SMILES string of the molecule is CC(=O)N1CCN(C(=O)CCNc2cccc(Cl)c2)CC1. The van der Waals surface area contributed by atoms with Crippen molar-refractivity contribution in [1.29, 1.82) is 0 Å². The van der Waals surface area contributed by atoms with Crippen LogP contribution in [0.3, 0.4) is 0 Å². The first-order chi connectivity index (χ1) is 10.1. The van der Waals surface area contributed by atoms with E-state index in [1.54, 1.807) is 11.8 Å². The number of carbonyl (C=O) groups excluding carboxylic acids is 2. The highest BCUT2D eigenvalue weighted by Gasteiger charge is 2.21. The molecule has 21 heavy (non-hydrogen) atoms. The molecule has 1 fully saturated rings. The number of rotatable bonds is 4. The predicted molar refractivity (Wildman–Crippen MR) is 83.4 cm³/mol. The lowest BCUT2D eigenvalue weighted by molar-refractivity contribution is -0.138. The normalized spacial score (nSPS) is 15.0. The van der Waals surface area contributed by atoms with Crippen molar-refractivity contribution in [2.45, 2.75) is 13.3 Å². The van der Waals surface area contributed by atoms with Gasteiger partial charge in [0.15, 0.2) is 0 Å². The first-order valence-corrected chi connectivity index (χ1v) is 7.47. The van der Waals surface area contributed by atoms with Crippen LogP contribution in [0, 0.1) is 0 Å². The van der Waals surface area contributed by atoms with Gasteiger partial charge in [-0.1, -0.05) is 17.7 Å². The number of carbonyl (C=O) groups is 2. The summed E-state index contributed by atoms with van der Waals surface area (Å²) in [6, 6.07) is 7.43. The van der Waals surface area contributed by atoms with Crippen molar-refractivity contribution >= 4 is 29.1 Å². The Hall–Kier alpha value is -1.75. The molecule has 1 heterocycles. The van der Waals surface area contributed by atoms with Gasteiger partial charge in [0.05, 0.1) is 0 Å². The third-order valence-electron chi connectivity index (χ3n) is 3.57. The van der Waals surface area contributed by atoms with Gasteiger partial charge < -0.3 is 15.1 Å². The highest BCUT2D eigenvalue weighted by atomic mass is 35.5. The number of amides is 2. The zero-order valence-corrected chi connectivity index (χ0v) is 12.9. The summed E-state index contributed by atoms with van der Waals surface area (Å²) < 4.78 is 0. The van der Waals surface area contributed by atoms with Crippen LogP contribution in [0.1, 0.15) is 13.3 Å². The van der Waals surface area contributed by atoms with Gasteiger partial charge in [0, 0.05) is 56.8 Å². The molecule has 1 N–H and O–H groups in total. The van der Waals surface area contributed by atoms with Gasteiger partial charge >= 0.3 is 0 Å². The van der Waals surface area contributed by atoms with E-state index >= 15 is 0 Å². The summed E-state index contributed by atoms with van der Waals surface area (Å²) in [5, 5.41) is 3.86. The smallest absolute Gasteiger partial charge is 0.224 e. The molecular weight excluding hydrogens is 290 g/mol. The number of nitrogens with one attached hydrogen (secondary N) is 1. The third kappa shape index (κ3) is 4.63. The fourth-order valence-corrected chi connectivity index (χ4v) is 2.53. The first-order valence-electron chi connectivity index (χ1n) is 7.09. The van der Waals surface area contributed by atoms with Crippen LogP contribution in [0.4, 0.5) is 5.69 Å². The van der Waals surface area contributed by atoms with Crippen molar-refractivity contribution in [3.8, 4) is 0 Å². The van der Waals surface area contributed by atoms with Crippen molar-refractivity contribution in [1.82, 2.24) is 9.80 Å². The van der Waals surface area contributed by atoms with E-state index in [9.17, 15) is 9.59 Å². The minimum Gasteiger partial charge on any atom is -0.384 e. The second-order valence-electron chi connectivity index (χ2n) is 5.07. The maximum atomic E-state index is 12.1. The maximum absolute atomic E-state index is 12.1. The fraction of sp³-hybridized carbons (Fsp3) is 0.467. The molecule has 1 saturated heterocycles. The molecule has 0 aliphatic carbocycles. The van der Waals surface area contributed by atoms with Crippen molar-refractivity contribution in [2.24, 2.45) is 0 Å². The quantitative estimate of drug-likeness (QED) is 0.923. The molecule has 114 valence electrons. The van der Waals surface area contributed by atoms with E-state index in [2.05, 4.69) is 5.32 Å². The summed E-state index contributed by atoms with van der Waals surface area (Å²) in [5.41, 5.74) is 0.914. The van der Waals surface area contributed by atoms with Gasteiger partial charge in [-0.3, -0.25) is 9.59 Å². The summed E-state index contributed by atoms with van der Waals surface area (Å²) in [5.74, 6) is 0.192. The van der Waals surface area contributed by atoms with Gasteiger partial charge in [-0.15, -0.1) is 0 Å². The predicted octanol–water partition coefficient (Wildman–Crippen LogP) is 1.83. The van der Waals surface area contributed by atoms with Gasteiger partial charge in [-0.05, 0) is 18.2 Å². The van der Waals surface area contributed by atoms with Gasteiger partial charge in [0.2, 0.25) is 11.8 Å². The van der Waals surface area contributed by atoms with E-state index in [1.807, 2.05) is 29.2 Å². The third-order valence-corrected chi connectivity index (χ3v) is 3.81. The highest BCUT2D eigenvalue weighted by molar-refractivity contribution is 6.30. The molecule has 6 heteroatoms. The minimum atomic E-state index is 0.0738. The summed E-state index contributed by atoms with van der Waals surface area (Å²) in [7, 11) is 0. The molecule has 1 aromatic rings. The minimum absolute atomic E-state index is 0.0738. The van der Waals surface area contributed by atoms with E-state index < -0.39 is 0 Å². The van der Waals surface area contributed by atoms with Crippen LogP contribution in [0.2, 0.25) is 5.02 Å². The summed E-state index contributed by atoms with van der Waals surface area (Å²) in [4.78, 5) is 26.9. The lowest BCUT2D eigenvalue weighted by atomic mass is 10.2. The lowest BCUT2D eigenvalue weighted by Crippen LogP contribution is -2.50. The molecule has 1 aliphatic rings. The van der Waals surface area contributed by atoms with Crippen LogP contribution in [-0.2, 0) is 9.59 Å². The molecule has 5 nitrogen and oxygen atoms in total. The largest absolute Gasteiger partial charge is 0.384 e. The first kappa shape index (κ1) is 15.6. The number of hydrogen-bond acceptors (Lipinski definition) is 3. The molecule has 0 saturated carbocycles. The van der Waals surface area contributed by atoms with Gasteiger partial charge in [-0.2, -0.15) is 0 Å². The molecule has 0 atom stereocenters. The number of nitrogens with zero attached hydrogens (tertiary/aromatic N) is 2. The topological polar surface area (TPSA) is 52.7 Å². The average Bonchev–Trinajstić information content (AvgIpc) is 2.47. The van der Waals surface area contributed by atoms with Crippen LogP contribution in [0.15, 0.2) is 24.3 Å². The molecule has 0 aromatic heterocycles. The fourth-order valence-electron chi connectivity index (χ4n) is 2.34. The Morgan fingerprint density at radius 2 is 1.86 bits per heavy atom. The maximum Gasteiger partial charge on any atom is 0.224 e. The van der Waals surface area contributed by atoms with E-state index in [1.165, 1.54) is 0 Å². The Balaban J connectivity index is 1.72. The Labute approximate surface area is 129 Å². The summed E-state index contributed by atoms with van der Waals surface area (Å²) >= 11 is 5.90. The van der Waals surface area contributed by atoms with Crippen molar-refractivity contribution < 1.29 is 9.59 Å². The molecule has 1 aliphatic heterocycles. The van der Waals surface area contributed by atoms with E-state index in [0.29, 0.717) is 44.2 Å². The average molecular weight is 310 g/mol. The van der Waals surface area contributed by atoms with E-state index in [0.717, 1.165) is 5.69 Å². The Kier molecular flexibility index (Phi) is 5.44. The lowest BCUT2D eigenvalue weighted by Gasteiger charge is -2.34. The highest BCUT2D eigenvalue weighted by Crippen LogP contribution is 2.14. The molecule has 0 spiro atoms. The number of piperazine rings is 1. The van der Waals surface area contributed by atoms with Crippen LogP contribution >= 0.6 is 11.6 Å². The second-order valence-corrected chi connectivity index (χ2v) is 5.51. The summed E-state index contributed by atoms with van der Waals surface area (Å²) in [6.07, 6.45) is 0.437. The number of hydrogen-bond donors (Lipinski definition) is 1. The van der Waals surface area contributed by atoms with E-state index in [4.69, 9.17) is 11.6 Å². The molecule has 2 rings (SSSR count). The van der Waals surface area contributed by atoms with Gasteiger partial charge in [0.25, 0.3) is 0 Å². The second kappa shape index (κ2) is 7.31. The van der Waals surface area contributed by atoms with Crippen LogP contribution in [-0.4, -0.2) is 54.3 Å². The van der Waals surface area contributed by atoms with Crippen molar-refractivity contribution in [3.05, 3.63) is 29.3 Å². The van der Waals surface area contributed by atoms with Crippen molar-refractivity contribution in [3.63, 3.8) is 0 Å². The van der Waals surface area contributed by atoms with Gasteiger partial charge in [-0.25, -0.2) is 0 Å². The Morgan fingerprint density at radius 1 is 1.19 bits per heavy atom. The van der Waals surface area contributed by atoms with E-state index in [-0.39, 0.29) is 11.8 Å². The monoisotopic (exact) mass is 309 g/mol. The molecule has 1 aromatic carbocycles. The Bertz CT molecular complexity index is 513. The molecule has 0 unspecified atom stereocenters. The van der Waals surface area contributed by atoms with Crippen LogP contribution in [0.5, 0.6) is 0 Å². The zero-order chi connectivity index (χ0) is 15.2. The van der Waals surface area contributed by atoms with Crippen molar-refractivity contribution in [2.75, 3.05) is 38.0 Å². The standard InChI is InChI=1S/C15H20ClN3O2/c1-12(20)18-7-9-19(10-8-18)15(21)5-6-17-14-4-2-3-13(16)11-14/h2-4,11,17H,5-10H2,1H3. The molecular formula is C15H20ClN3O2. The molecule has 0 bridgehead atoms. The molecule has 0 radical (unpaired) electrons. The number of anilines is 1. The zero-order valence-electron chi connectivity index (χ0n) is 12.1. The summed E-state index contributed by atoms with van der Waals surface area (Å²) in [6.45, 7) is 4.63. The Morgan fingerprint density at radius 3 is 2.48 bits per heavy atom.